The Hall–Kier alpha value is -4.64. The van der Waals surface area contributed by atoms with E-state index in [1.807, 2.05) is 18.2 Å². The first-order valence-electron chi connectivity index (χ1n) is 12.2. The van der Waals surface area contributed by atoms with E-state index in [9.17, 15) is 14.4 Å². The number of nitrogens with zero attached hydrogens (tertiary/aromatic N) is 4. The first-order valence-corrected chi connectivity index (χ1v) is 13.0. The minimum Gasteiger partial charge on any atom is -0.348 e. The molecule has 38 heavy (non-hydrogen) atoms. The summed E-state index contributed by atoms with van der Waals surface area (Å²) >= 11 is 1.22. The van der Waals surface area contributed by atoms with Crippen LogP contribution in [0.4, 0.5) is 21.9 Å². The third kappa shape index (κ3) is 4.16. The molecular weight excluding hydrogens is 502 g/mol. The number of thiophene rings is 1. The number of amides is 4. The van der Waals surface area contributed by atoms with Crippen LogP contribution in [0.25, 0.3) is 21.6 Å². The molecule has 0 aromatic carbocycles. The fraction of sp³-hybridized carbons (Fsp3) is 0.185. The van der Waals surface area contributed by atoms with Gasteiger partial charge in [-0.05, 0) is 55.7 Å². The molecule has 0 spiro atoms. The van der Waals surface area contributed by atoms with E-state index in [1.54, 1.807) is 41.7 Å². The summed E-state index contributed by atoms with van der Waals surface area (Å²) in [6.45, 7) is 3.50. The Morgan fingerprint density at radius 2 is 1.82 bits per heavy atom. The van der Waals surface area contributed by atoms with Gasteiger partial charge in [-0.15, -0.1) is 11.3 Å². The van der Waals surface area contributed by atoms with Crippen molar-refractivity contribution >= 4 is 56.5 Å². The van der Waals surface area contributed by atoms with Crippen LogP contribution in [0, 0.1) is 0 Å². The number of urea groups is 1. The van der Waals surface area contributed by atoms with Gasteiger partial charge in [0.2, 0.25) is 5.91 Å². The average Bonchev–Trinajstić information content (AvgIpc) is 3.54. The highest BCUT2D eigenvalue weighted by molar-refractivity contribution is 7.21. The van der Waals surface area contributed by atoms with Gasteiger partial charge in [-0.3, -0.25) is 24.5 Å². The number of anilines is 3. The smallest absolute Gasteiger partial charge is 0.331 e. The van der Waals surface area contributed by atoms with Crippen molar-refractivity contribution in [2.45, 2.75) is 31.3 Å². The summed E-state index contributed by atoms with van der Waals surface area (Å²) in [5.74, 6) is -0.578. The molecule has 1 aliphatic heterocycles. The zero-order valence-electron chi connectivity index (χ0n) is 20.2. The van der Waals surface area contributed by atoms with Crippen LogP contribution in [0.3, 0.4) is 0 Å². The van der Waals surface area contributed by atoms with Gasteiger partial charge in [0.05, 0.1) is 33.8 Å². The zero-order chi connectivity index (χ0) is 26.2. The summed E-state index contributed by atoms with van der Waals surface area (Å²) in [4.78, 5) is 54.5. The lowest BCUT2D eigenvalue weighted by Crippen LogP contribution is -2.48. The van der Waals surface area contributed by atoms with Gasteiger partial charge in [0, 0.05) is 30.7 Å². The molecule has 4 aromatic rings. The lowest BCUT2D eigenvalue weighted by atomic mass is 10.1. The molecule has 190 valence electrons. The normalized spacial score (nSPS) is 18.2. The quantitative estimate of drug-likeness (QED) is 0.320. The van der Waals surface area contributed by atoms with Crippen LogP contribution < -0.4 is 20.9 Å². The number of nitrogens with one attached hydrogen (secondary N) is 3. The molecule has 3 N–H and O–H groups in total. The molecule has 10 nitrogen and oxygen atoms in total. The van der Waals surface area contributed by atoms with Crippen LogP contribution in [0.1, 0.15) is 28.9 Å². The van der Waals surface area contributed by atoms with Gasteiger partial charge in [0.15, 0.2) is 0 Å². The van der Waals surface area contributed by atoms with Gasteiger partial charge in [0.1, 0.15) is 9.71 Å². The van der Waals surface area contributed by atoms with E-state index in [0.29, 0.717) is 43.5 Å². The van der Waals surface area contributed by atoms with Crippen molar-refractivity contribution in [3.8, 4) is 11.4 Å². The molecule has 2 aliphatic rings. The topological polar surface area (TPSA) is 129 Å². The highest BCUT2D eigenvalue weighted by Crippen LogP contribution is 2.46. The average molecular weight is 526 g/mol. The summed E-state index contributed by atoms with van der Waals surface area (Å²) < 4.78 is 0. The molecular formula is C27H23N7O3S. The van der Waals surface area contributed by atoms with Crippen molar-refractivity contribution in [1.29, 1.82) is 0 Å². The SMILES string of the molecule is C=CC(=O)NC1CCCC1NC(=O)c1sc2nccc3c2c1NC(=O)N3c1ccnc(-c2ccccn2)c1. The number of aromatic nitrogens is 3. The molecule has 0 radical (unpaired) electrons. The summed E-state index contributed by atoms with van der Waals surface area (Å²) in [5, 5.41) is 9.56. The zero-order valence-corrected chi connectivity index (χ0v) is 21.0. The molecule has 0 saturated heterocycles. The molecule has 4 aromatic heterocycles. The molecule has 6 rings (SSSR count). The van der Waals surface area contributed by atoms with Crippen LogP contribution in [-0.4, -0.2) is 44.9 Å². The first kappa shape index (κ1) is 23.7. The van der Waals surface area contributed by atoms with E-state index in [2.05, 4.69) is 37.5 Å². The van der Waals surface area contributed by atoms with Crippen molar-refractivity contribution in [3.63, 3.8) is 0 Å². The second kappa shape index (κ2) is 9.67. The van der Waals surface area contributed by atoms with E-state index in [1.165, 1.54) is 17.4 Å². The van der Waals surface area contributed by atoms with E-state index in [4.69, 9.17) is 0 Å². The van der Waals surface area contributed by atoms with E-state index in [-0.39, 0.29) is 23.9 Å². The van der Waals surface area contributed by atoms with Gasteiger partial charge < -0.3 is 16.0 Å². The van der Waals surface area contributed by atoms with Crippen molar-refractivity contribution < 1.29 is 14.4 Å². The summed E-state index contributed by atoms with van der Waals surface area (Å²) in [5.41, 5.74) is 3.00. The number of pyridine rings is 3. The summed E-state index contributed by atoms with van der Waals surface area (Å²) in [6, 6.07) is 10.1. The lowest BCUT2D eigenvalue weighted by Gasteiger charge is -2.28. The van der Waals surface area contributed by atoms with Crippen molar-refractivity contribution in [2.75, 3.05) is 10.2 Å². The maximum Gasteiger partial charge on any atom is 0.331 e. The largest absolute Gasteiger partial charge is 0.348 e. The number of rotatable bonds is 6. The molecule has 1 aliphatic carbocycles. The summed E-state index contributed by atoms with van der Waals surface area (Å²) in [6.07, 6.45) is 8.58. The van der Waals surface area contributed by atoms with Crippen LogP contribution in [0.15, 0.2) is 67.6 Å². The molecule has 1 fully saturated rings. The molecule has 2 unspecified atom stereocenters. The Kier molecular flexibility index (Phi) is 6.04. The third-order valence-electron chi connectivity index (χ3n) is 6.73. The number of carbonyl (C=O) groups is 3. The molecule has 11 heteroatoms. The number of hydrogen-bond donors (Lipinski definition) is 3. The third-order valence-corrected chi connectivity index (χ3v) is 7.82. The Balaban J connectivity index is 1.34. The van der Waals surface area contributed by atoms with Gasteiger partial charge in [-0.2, -0.15) is 0 Å². The van der Waals surface area contributed by atoms with Gasteiger partial charge in [0.25, 0.3) is 5.91 Å². The minimum absolute atomic E-state index is 0.172. The first-order chi connectivity index (χ1) is 18.5. The van der Waals surface area contributed by atoms with Gasteiger partial charge in [-0.25, -0.2) is 9.78 Å². The molecule has 1 saturated carbocycles. The minimum atomic E-state index is -0.396. The highest BCUT2D eigenvalue weighted by atomic mass is 32.1. The standard InChI is InChI=1S/C27H23N7O3S/c1-2-21(35)31-17-7-5-8-18(17)32-25(36)24-23-22-20(10-13-30-26(22)38-24)34(27(37)33-23)15-9-12-29-19(14-15)16-6-3-4-11-28-16/h2-4,6,9-14,17-18H,1,5,7-8H2,(H,31,35)(H,32,36)(H,33,37). The van der Waals surface area contributed by atoms with E-state index >= 15 is 0 Å². The Bertz CT molecular complexity index is 1590. The number of hydrogen-bond acceptors (Lipinski definition) is 7. The fourth-order valence-corrected chi connectivity index (χ4v) is 6.02. The Morgan fingerprint density at radius 1 is 1.03 bits per heavy atom. The van der Waals surface area contributed by atoms with Crippen LogP contribution in [0.5, 0.6) is 0 Å². The number of carbonyl (C=O) groups excluding carboxylic acids is 3. The summed E-state index contributed by atoms with van der Waals surface area (Å²) in [7, 11) is 0. The predicted molar refractivity (Wildman–Crippen MR) is 145 cm³/mol. The van der Waals surface area contributed by atoms with Crippen LogP contribution in [-0.2, 0) is 4.79 Å². The molecule has 0 bridgehead atoms. The highest BCUT2D eigenvalue weighted by Gasteiger charge is 2.35. The lowest BCUT2D eigenvalue weighted by molar-refractivity contribution is -0.117. The fourth-order valence-electron chi connectivity index (χ4n) is 4.99. The second-order valence-corrected chi connectivity index (χ2v) is 10.0. The van der Waals surface area contributed by atoms with E-state index in [0.717, 1.165) is 19.3 Å². The van der Waals surface area contributed by atoms with Crippen molar-refractivity contribution in [2.24, 2.45) is 0 Å². The van der Waals surface area contributed by atoms with Crippen molar-refractivity contribution in [1.82, 2.24) is 25.6 Å². The maximum atomic E-state index is 13.4. The Labute approximate surface area is 221 Å². The monoisotopic (exact) mass is 525 g/mol. The molecule has 5 heterocycles. The van der Waals surface area contributed by atoms with Gasteiger partial charge >= 0.3 is 6.03 Å². The van der Waals surface area contributed by atoms with Crippen LogP contribution >= 0.6 is 11.3 Å². The molecule has 2 atom stereocenters. The predicted octanol–water partition coefficient (Wildman–Crippen LogP) is 4.39. The maximum absolute atomic E-state index is 13.4. The van der Waals surface area contributed by atoms with Crippen LogP contribution in [0.2, 0.25) is 0 Å². The van der Waals surface area contributed by atoms with Crippen molar-refractivity contribution in [3.05, 3.63) is 72.5 Å². The van der Waals surface area contributed by atoms with E-state index < -0.39 is 6.03 Å². The second-order valence-electron chi connectivity index (χ2n) is 9.03. The molecule has 4 amide bonds. The Morgan fingerprint density at radius 3 is 2.61 bits per heavy atom. The van der Waals surface area contributed by atoms with Gasteiger partial charge in [-0.1, -0.05) is 12.6 Å².